The Hall–Kier alpha value is -2.14. The highest BCUT2D eigenvalue weighted by Gasteiger charge is 2.35. The third kappa shape index (κ3) is 2.75. The molecule has 1 aliphatic carbocycles. The van der Waals surface area contributed by atoms with Crippen molar-refractivity contribution in [3.63, 3.8) is 0 Å². The summed E-state index contributed by atoms with van der Waals surface area (Å²) in [6.07, 6.45) is 5.95. The van der Waals surface area contributed by atoms with Gasteiger partial charge in [0.25, 0.3) is 0 Å². The number of fused-ring (bicyclic) bond motifs is 2. The second-order valence-corrected chi connectivity index (χ2v) is 7.97. The van der Waals surface area contributed by atoms with Gasteiger partial charge in [-0.05, 0) is 50.1 Å². The van der Waals surface area contributed by atoms with Crippen LogP contribution in [0.4, 0.5) is 11.8 Å². The molecule has 1 aromatic carbocycles. The van der Waals surface area contributed by atoms with Crippen LogP contribution in [-0.4, -0.2) is 35.6 Å². The zero-order valence-corrected chi connectivity index (χ0v) is 15.2. The summed E-state index contributed by atoms with van der Waals surface area (Å²) in [4.78, 5) is 11.9. The van der Waals surface area contributed by atoms with Crippen molar-refractivity contribution in [2.45, 2.75) is 44.1 Å². The lowest BCUT2D eigenvalue weighted by Crippen LogP contribution is -2.47. The van der Waals surface area contributed by atoms with Crippen LogP contribution in [0.15, 0.2) is 30.3 Å². The van der Waals surface area contributed by atoms with Gasteiger partial charge in [-0.1, -0.05) is 30.3 Å². The van der Waals surface area contributed by atoms with Gasteiger partial charge in [0.15, 0.2) is 0 Å². The zero-order chi connectivity index (χ0) is 17.5. The number of rotatable bonds is 2. The second-order valence-electron chi connectivity index (χ2n) is 7.97. The summed E-state index contributed by atoms with van der Waals surface area (Å²) in [7, 11) is 0. The molecule has 5 nitrogen and oxygen atoms in total. The van der Waals surface area contributed by atoms with Crippen molar-refractivity contribution >= 4 is 11.8 Å². The standard InChI is InChI=1S/C21H27N5/c22-21-24-19-16(14-5-2-1-3-6-14)7-4-8-17(19)20(25-21)26-12-10-15-9-11-23-18(15)13-26/h1-3,5-6,15-16,18,23H,4,7-13H2,(H2,22,24,25). The van der Waals surface area contributed by atoms with E-state index in [1.54, 1.807) is 0 Å². The van der Waals surface area contributed by atoms with Crippen molar-refractivity contribution in [1.29, 1.82) is 0 Å². The average Bonchev–Trinajstić information content (AvgIpc) is 3.15. The van der Waals surface area contributed by atoms with Crippen molar-refractivity contribution in [3.05, 3.63) is 47.2 Å². The molecule has 3 atom stereocenters. The number of nitrogens with two attached hydrogens (primary N) is 1. The molecule has 0 bridgehead atoms. The quantitative estimate of drug-likeness (QED) is 0.873. The third-order valence-electron chi connectivity index (χ3n) is 6.46. The molecule has 2 aliphatic heterocycles. The molecule has 0 amide bonds. The molecule has 0 saturated carbocycles. The van der Waals surface area contributed by atoms with E-state index in [1.165, 1.54) is 30.4 Å². The Morgan fingerprint density at radius 2 is 1.96 bits per heavy atom. The molecule has 5 rings (SSSR count). The molecule has 3 unspecified atom stereocenters. The lowest BCUT2D eigenvalue weighted by Gasteiger charge is -2.38. The first-order chi connectivity index (χ1) is 12.8. The van der Waals surface area contributed by atoms with Crippen LogP contribution in [0.5, 0.6) is 0 Å². The Morgan fingerprint density at radius 3 is 2.85 bits per heavy atom. The molecule has 0 spiro atoms. The fourth-order valence-corrected chi connectivity index (χ4v) is 5.15. The van der Waals surface area contributed by atoms with Gasteiger partial charge in [0.2, 0.25) is 5.95 Å². The van der Waals surface area contributed by atoms with Crippen LogP contribution in [0.3, 0.4) is 0 Å². The van der Waals surface area contributed by atoms with E-state index in [1.807, 2.05) is 0 Å². The number of anilines is 2. The maximum atomic E-state index is 6.17. The van der Waals surface area contributed by atoms with Crippen LogP contribution in [0.1, 0.15) is 48.4 Å². The van der Waals surface area contributed by atoms with Gasteiger partial charge in [0.05, 0.1) is 5.69 Å². The molecule has 2 aromatic rings. The Balaban J connectivity index is 1.53. The molecular formula is C21H27N5. The monoisotopic (exact) mass is 349 g/mol. The van der Waals surface area contributed by atoms with Gasteiger partial charge in [0, 0.05) is 30.6 Å². The van der Waals surface area contributed by atoms with Crippen molar-refractivity contribution in [2.75, 3.05) is 30.3 Å². The predicted molar refractivity (Wildman–Crippen MR) is 104 cm³/mol. The molecule has 5 heteroatoms. The van der Waals surface area contributed by atoms with Gasteiger partial charge in [-0.15, -0.1) is 0 Å². The molecule has 3 N–H and O–H groups in total. The SMILES string of the molecule is Nc1nc2c(c(N3CCC4CCNC4C3)n1)CCCC2c1ccccc1. The fraction of sp³-hybridized carbons (Fsp3) is 0.524. The van der Waals surface area contributed by atoms with Crippen LogP contribution in [0.2, 0.25) is 0 Å². The first-order valence-electron chi connectivity index (χ1n) is 9.99. The van der Waals surface area contributed by atoms with Gasteiger partial charge in [0.1, 0.15) is 5.82 Å². The number of hydrogen-bond acceptors (Lipinski definition) is 5. The smallest absolute Gasteiger partial charge is 0.222 e. The normalized spacial score (nSPS) is 27.8. The van der Waals surface area contributed by atoms with Crippen molar-refractivity contribution < 1.29 is 0 Å². The lowest BCUT2D eigenvalue weighted by molar-refractivity contribution is 0.371. The first kappa shape index (κ1) is 16.1. The molecule has 3 aliphatic rings. The van der Waals surface area contributed by atoms with Gasteiger partial charge in [-0.3, -0.25) is 0 Å². The van der Waals surface area contributed by atoms with E-state index in [9.17, 15) is 0 Å². The van der Waals surface area contributed by atoms with E-state index in [0.29, 0.717) is 17.9 Å². The van der Waals surface area contributed by atoms with E-state index in [0.717, 1.165) is 49.9 Å². The summed E-state index contributed by atoms with van der Waals surface area (Å²) in [5.74, 6) is 2.69. The van der Waals surface area contributed by atoms with E-state index in [4.69, 9.17) is 15.7 Å². The minimum absolute atomic E-state index is 0.339. The number of nitrogens with zero attached hydrogens (tertiary/aromatic N) is 3. The lowest BCUT2D eigenvalue weighted by atomic mass is 9.82. The predicted octanol–water partition coefficient (Wildman–Crippen LogP) is 2.72. The zero-order valence-electron chi connectivity index (χ0n) is 15.2. The summed E-state index contributed by atoms with van der Waals surface area (Å²) in [5.41, 5.74) is 10.0. The molecule has 1 aromatic heterocycles. The van der Waals surface area contributed by atoms with Crippen molar-refractivity contribution in [3.8, 4) is 0 Å². The summed E-state index contributed by atoms with van der Waals surface area (Å²) in [6, 6.07) is 11.3. The molecular weight excluding hydrogens is 322 g/mol. The second kappa shape index (κ2) is 6.54. The van der Waals surface area contributed by atoms with Crippen LogP contribution in [0, 0.1) is 5.92 Å². The number of benzene rings is 1. The van der Waals surface area contributed by atoms with Gasteiger partial charge in [-0.25, -0.2) is 4.98 Å². The topological polar surface area (TPSA) is 67.1 Å². The molecule has 26 heavy (non-hydrogen) atoms. The van der Waals surface area contributed by atoms with Crippen LogP contribution in [-0.2, 0) is 6.42 Å². The fourth-order valence-electron chi connectivity index (χ4n) is 5.15. The maximum absolute atomic E-state index is 6.17. The van der Waals surface area contributed by atoms with Crippen molar-refractivity contribution in [2.24, 2.45) is 5.92 Å². The Kier molecular flexibility index (Phi) is 4.04. The highest BCUT2D eigenvalue weighted by molar-refractivity contribution is 5.55. The van der Waals surface area contributed by atoms with Crippen molar-refractivity contribution in [1.82, 2.24) is 15.3 Å². The van der Waals surface area contributed by atoms with E-state index in [-0.39, 0.29) is 0 Å². The van der Waals surface area contributed by atoms with Crippen LogP contribution >= 0.6 is 0 Å². The first-order valence-corrected chi connectivity index (χ1v) is 9.99. The summed E-state index contributed by atoms with van der Waals surface area (Å²) < 4.78 is 0. The Labute approximate surface area is 155 Å². The van der Waals surface area contributed by atoms with Gasteiger partial charge in [-0.2, -0.15) is 4.98 Å². The van der Waals surface area contributed by atoms with E-state index < -0.39 is 0 Å². The number of hydrogen-bond donors (Lipinski definition) is 2. The summed E-state index contributed by atoms with van der Waals surface area (Å²) in [5, 5.41) is 3.67. The minimum atomic E-state index is 0.339. The number of nitrogens with one attached hydrogen (secondary N) is 1. The molecule has 136 valence electrons. The third-order valence-corrected chi connectivity index (χ3v) is 6.46. The number of aromatic nitrogens is 2. The summed E-state index contributed by atoms with van der Waals surface area (Å²) in [6.45, 7) is 3.29. The van der Waals surface area contributed by atoms with E-state index in [2.05, 4.69) is 40.5 Å². The Bertz CT molecular complexity index is 790. The summed E-state index contributed by atoms with van der Waals surface area (Å²) >= 11 is 0. The number of nitrogen functional groups attached to an aromatic ring is 1. The van der Waals surface area contributed by atoms with E-state index >= 15 is 0 Å². The maximum Gasteiger partial charge on any atom is 0.222 e. The van der Waals surface area contributed by atoms with Crippen LogP contribution in [0.25, 0.3) is 0 Å². The molecule has 2 saturated heterocycles. The highest BCUT2D eigenvalue weighted by Crippen LogP contribution is 2.40. The molecule has 3 heterocycles. The molecule has 2 fully saturated rings. The highest BCUT2D eigenvalue weighted by atomic mass is 15.2. The van der Waals surface area contributed by atoms with Gasteiger partial charge >= 0.3 is 0 Å². The minimum Gasteiger partial charge on any atom is -0.368 e. The number of piperidine rings is 1. The largest absolute Gasteiger partial charge is 0.368 e. The van der Waals surface area contributed by atoms with Crippen LogP contribution < -0.4 is 16.0 Å². The van der Waals surface area contributed by atoms with Gasteiger partial charge < -0.3 is 16.0 Å². The Morgan fingerprint density at radius 1 is 1.08 bits per heavy atom. The molecule has 0 radical (unpaired) electrons. The average molecular weight is 349 g/mol.